The largest absolute Gasteiger partial charge is 0.423 e. The van der Waals surface area contributed by atoms with Crippen LogP contribution < -0.4 is 5.63 Å². The van der Waals surface area contributed by atoms with E-state index in [1.54, 1.807) is 24.0 Å². The molecule has 0 spiro atoms. The number of aryl methyl sites for hydroxylation is 1. The van der Waals surface area contributed by atoms with Crippen LogP contribution in [-0.4, -0.2) is 4.98 Å². The molecule has 0 bridgehead atoms. The van der Waals surface area contributed by atoms with Gasteiger partial charge in [-0.25, -0.2) is 9.78 Å². The van der Waals surface area contributed by atoms with Crippen molar-refractivity contribution in [3.63, 3.8) is 0 Å². The number of rotatable bonds is 4. The Morgan fingerprint density at radius 1 is 1.23 bits per heavy atom. The number of thioether (sulfide) groups is 1. The summed E-state index contributed by atoms with van der Waals surface area (Å²) in [4.78, 5) is 16.0. The van der Waals surface area contributed by atoms with E-state index in [0.29, 0.717) is 16.4 Å². The molecule has 3 rings (SSSR count). The fourth-order valence-corrected chi connectivity index (χ4v) is 3.16. The number of benzene rings is 1. The van der Waals surface area contributed by atoms with Crippen molar-refractivity contribution in [3.05, 3.63) is 69.2 Å². The summed E-state index contributed by atoms with van der Waals surface area (Å²) in [6.45, 7) is 2.07. The van der Waals surface area contributed by atoms with Crippen LogP contribution in [0, 0.1) is 0 Å². The van der Waals surface area contributed by atoms with Crippen LogP contribution in [0.4, 0.5) is 0 Å². The second kappa shape index (κ2) is 6.55. The number of hydrogen-bond donors (Lipinski definition) is 0. The Hall–Kier alpha value is -1.78. The first-order valence-electron chi connectivity index (χ1n) is 6.95. The number of hydrogen-bond acceptors (Lipinski definition) is 4. The van der Waals surface area contributed by atoms with E-state index in [0.717, 1.165) is 28.0 Å². The standard InChI is InChI=1S/C17H14ClNO2S/c1-2-11-3-5-14-12(8-17(20)21-15(14)7-11)10-22-16-6-4-13(18)9-19-16/h3-9H,2,10H2,1H3. The summed E-state index contributed by atoms with van der Waals surface area (Å²) >= 11 is 7.40. The van der Waals surface area contributed by atoms with Gasteiger partial charge in [0, 0.05) is 23.4 Å². The van der Waals surface area contributed by atoms with Crippen LogP contribution in [0.15, 0.2) is 56.8 Å². The highest BCUT2D eigenvalue weighted by atomic mass is 35.5. The van der Waals surface area contributed by atoms with Crippen LogP contribution in [0.25, 0.3) is 11.0 Å². The van der Waals surface area contributed by atoms with E-state index < -0.39 is 0 Å². The van der Waals surface area contributed by atoms with Gasteiger partial charge in [-0.15, -0.1) is 11.8 Å². The fourth-order valence-electron chi connectivity index (χ4n) is 2.21. The average Bonchev–Trinajstić information content (AvgIpc) is 2.53. The van der Waals surface area contributed by atoms with Crippen LogP contribution in [0.2, 0.25) is 5.02 Å². The Morgan fingerprint density at radius 2 is 2.09 bits per heavy atom. The highest BCUT2D eigenvalue weighted by molar-refractivity contribution is 7.98. The van der Waals surface area contributed by atoms with E-state index in [1.165, 1.54) is 0 Å². The quantitative estimate of drug-likeness (QED) is 0.513. The number of halogens is 1. The Morgan fingerprint density at radius 3 is 2.82 bits per heavy atom. The molecule has 0 unspecified atom stereocenters. The maximum atomic E-state index is 11.8. The van der Waals surface area contributed by atoms with Crippen LogP contribution in [0.5, 0.6) is 0 Å². The Labute approximate surface area is 137 Å². The lowest BCUT2D eigenvalue weighted by Crippen LogP contribution is -2.00. The maximum absolute atomic E-state index is 11.8. The molecule has 0 atom stereocenters. The molecule has 2 aromatic heterocycles. The Bertz CT molecular complexity index is 859. The summed E-state index contributed by atoms with van der Waals surface area (Å²) < 4.78 is 5.31. The molecule has 0 radical (unpaired) electrons. The van der Waals surface area contributed by atoms with Crippen molar-refractivity contribution in [2.45, 2.75) is 24.1 Å². The van der Waals surface area contributed by atoms with E-state index in [-0.39, 0.29) is 5.63 Å². The van der Waals surface area contributed by atoms with Gasteiger partial charge in [-0.3, -0.25) is 0 Å². The third kappa shape index (κ3) is 3.34. The molecule has 5 heteroatoms. The zero-order chi connectivity index (χ0) is 15.5. The summed E-state index contributed by atoms with van der Waals surface area (Å²) in [5.41, 5.74) is 2.43. The molecule has 0 saturated heterocycles. The monoisotopic (exact) mass is 331 g/mol. The normalized spacial score (nSPS) is 11.0. The Balaban J connectivity index is 1.92. The topological polar surface area (TPSA) is 43.1 Å². The lowest BCUT2D eigenvalue weighted by Gasteiger charge is -2.06. The van der Waals surface area contributed by atoms with Gasteiger partial charge in [0.1, 0.15) is 5.58 Å². The first kappa shape index (κ1) is 15.1. The van der Waals surface area contributed by atoms with Crippen molar-refractivity contribution in [3.8, 4) is 0 Å². The molecule has 0 saturated carbocycles. The third-order valence-corrected chi connectivity index (χ3v) is 4.59. The molecule has 0 amide bonds. The minimum Gasteiger partial charge on any atom is -0.423 e. The predicted octanol–water partition coefficient (Wildman–Crippen LogP) is 4.70. The van der Waals surface area contributed by atoms with Crippen LogP contribution in [-0.2, 0) is 12.2 Å². The zero-order valence-corrected chi connectivity index (χ0v) is 13.6. The molecule has 0 aliphatic carbocycles. The van der Waals surface area contributed by atoms with Crippen molar-refractivity contribution in [2.24, 2.45) is 0 Å². The highest BCUT2D eigenvalue weighted by Gasteiger charge is 2.07. The van der Waals surface area contributed by atoms with Gasteiger partial charge in [-0.1, -0.05) is 30.7 Å². The first-order chi connectivity index (χ1) is 10.7. The minimum absolute atomic E-state index is 0.319. The zero-order valence-electron chi connectivity index (χ0n) is 12.0. The van der Waals surface area contributed by atoms with Gasteiger partial charge >= 0.3 is 5.63 Å². The molecule has 0 aliphatic heterocycles. The number of nitrogens with zero attached hydrogens (tertiary/aromatic N) is 1. The molecule has 3 nitrogen and oxygen atoms in total. The highest BCUT2D eigenvalue weighted by Crippen LogP contribution is 2.26. The van der Waals surface area contributed by atoms with Gasteiger partial charge in [0.25, 0.3) is 0 Å². The lowest BCUT2D eigenvalue weighted by molar-refractivity contribution is 0.559. The third-order valence-electron chi connectivity index (χ3n) is 3.38. The lowest BCUT2D eigenvalue weighted by atomic mass is 10.1. The Kier molecular flexibility index (Phi) is 4.50. The number of pyridine rings is 1. The summed E-state index contributed by atoms with van der Waals surface area (Å²) in [6.07, 6.45) is 2.53. The second-order valence-electron chi connectivity index (χ2n) is 4.88. The second-order valence-corrected chi connectivity index (χ2v) is 6.31. The molecule has 112 valence electrons. The van der Waals surface area contributed by atoms with E-state index in [1.807, 2.05) is 24.3 Å². The van der Waals surface area contributed by atoms with Crippen LogP contribution >= 0.6 is 23.4 Å². The molecule has 3 aromatic rings. The van der Waals surface area contributed by atoms with Gasteiger partial charge in [-0.05, 0) is 35.7 Å². The van der Waals surface area contributed by atoms with E-state index in [2.05, 4.69) is 18.0 Å². The van der Waals surface area contributed by atoms with Crippen molar-refractivity contribution in [1.29, 1.82) is 0 Å². The summed E-state index contributed by atoms with van der Waals surface area (Å²) in [6, 6.07) is 11.2. The molecule has 0 fully saturated rings. The van der Waals surface area contributed by atoms with Crippen LogP contribution in [0.1, 0.15) is 18.1 Å². The summed E-state index contributed by atoms with van der Waals surface area (Å²) in [5.74, 6) is 0.655. The molecule has 22 heavy (non-hydrogen) atoms. The molecule has 1 aromatic carbocycles. The van der Waals surface area contributed by atoms with Crippen molar-refractivity contribution in [1.82, 2.24) is 4.98 Å². The SMILES string of the molecule is CCc1ccc2c(CSc3ccc(Cl)cn3)cc(=O)oc2c1. The maximum Gasteiger partial charge on any atom is 0.336 e. The summed E-state index contributed by atoms with van der Waals surface area (Å²) in [7, 11) is 0. The first-order valence-corrected chi connectivity index (χ1v) is 8.32. The molecule has 0 aliphatic rings. The fraction of sp³-hybridized carbons (Fsp3) is 0.176. The average molecular weight is 332 g/mol. The van der Waals surface area contributed by atoms with Gasteiger partial charge in [-0.2, -0.15) is 0 Å². The number of aromatic nitrogens is 1. The van der Waals surface area contributed by atoms with Crippen molar-refractivity contribution >= 4 is 34.3 Å². The van der Waals surface area contributed by atoms with Gasteiger partial charge < -0.3 is 4.42 Å². The van der Waals surface area contributed by atoms with Crippen LogP contribution in [0.3, 0.4) is 0 Å². The van der Waals surface area contributed by atoms with E-state index >= 15 is 0 Å². The predicted molar refractivity (Wildman–Crippen MR) is 90.7 cm³/mol. The molecule has 0 N–H and O–H groups in total. The van der Waals surface area contributed by atoms with Crippen molar-refractivity contribution < 1.29 is 4.42 Å². The summed E-state index contributed by atoms with van der Waals surface area (Å²) in [5, 5.41) is 2.46. The van der Waals surface area contributed by atoms with E-state index in [4.69, 9.17) is 16.0 Å². The van der Waals surface area contributed by atoms with E-state index in [9.17, 15) is 4.79 Å². The molecular weight excluding hydrogens is 318 g/mol. The minimum atomic E-state index is -0.319. The van der Waals surface area contributed by atoms with Gasteiger partial charge in [0.05, 0.1) is 10.0 Å². The molecule has 2 heterocycles. The van der Waals surface area contributed by atoms with Gasteiger partial charge in [0.15, 0.2) is 0 Å². The smallest absolute Gasteiger partial charge is 0.336 e. The van der Waals surface area contributed by atoms with Gasteiger partial charge in [0.2, 0.25) is 0 Å². The van der Waals surface area contributed by atoms with Crippen molar-refractivity contribution in [2.75, 3.05) is 0 Å². The number of fused-ring (bicyclic) bond motifs is 1. The molecular formula is C17H14ClNO2S.